The smallest absolute Gasteiger partial charge is 0.163 e. The number of fused-ring (bicyclic) bond motifs is 1. The molecule has 0 aliphatic carbocycles. The third kappa shape index (κ3) is 4.65. The summed E-state index contributed by atoms with van der Waals surface area (Å²) >= 11 is 0. The van der Waals surface area contributed by atoms with E-state index in [4.69, 9.17) is 14.5 Å². The summed E-state index contributed by atoms with van der Waals surface area (Å²) in [7, 11) is 1.64. The Morgan fingerprint density at radius 3 is 2.50 bits per heavy atom. The lowest BCUT2D eigenvalue weighted by Crippen LogP contribution is -2.42. The molecule has 2 aromatic carbocycles. The van der Waals surface area contributed by atoms with E-state index >= 15 is 0 Å². The molecule has 0 saturated carbocycles. The second-order valence-corrected chi connectivity index (χ2v) is 8.94. The minimum atomic E-state index is -0.583. The Balaban J connectivity index is 1.41. The predicted octanol–water partition coefficient (Wildman–Crippen LogP) is 4.63. The van der Waals surface area contributed by atoms with E-state index in [1.54, 1.807) is 13.3 Å². The number of anilines is 1. The van der Waals surface area contributed by atoms with Crippen LogP contribution in [0.2, 0.25) is 0 Å². The molecule has 0 atom stereocenters. The number of piperidine rings is 1. The van der Waals surface area contributed by atoms with Crippen LogP contribution in [0.5, 0.6) is 11.5 Å². The van der Waals surface area contributed by atoms with Crippen LogP contribution in [0.25, 0.3) is 22.0 Å². The molecule has 5 rings (SSSR count). The first-order valence-corrected chi connectivity index (χ1v) is 11.5. The van der Waals surface area contributed by atoms with E-state index in [1.807, 2.05) is 61.7 Å². The van der Waals surface area contributed by atoms with Crippen LogP contribution in [-0.2, 0) is 6.61 Å². The molecule has 1 fully saturated rings. The summed E-state index contributed by atoms with van der Waals surface area (Å²) < 4.78 is 11.7. The molecule has 1 aliphatic rings. The van der Waals surface area contributed by atoms with Gasteiger partial charge in [0, 0.05) is 41.9 Å². The van der Waals surface area contributed by atoms with Crippen molar-refractivity contribution in [3.05, 3.63) is 72.6 Å². The Morgan fingerprint density at radius 1 is 1.00 bits per heavy atom. The minimum absolute atomic E-state index is 0.438. The van der Waals surface area contributed by atoms with Crippen molar-refractivity contribution in [2.45, 2.75) is 32.0 Å². The van der Waals surface area contributed by atoms with Crippen LogP contribution in [0.1, 0.15) is 25.3 Å². The lowest BCUT2D eigenvalue weighted by atomic mass is 9.94. The lowest BCUT2D eigenvalue weighted by molar-refractivity contribution is 0.0350. The van der Waals surface area contributed by atoms with Crippen LogP contribution in [0.4, 0.5) is 5.82 Å². The zero-order valence-corrected chi connectivity index (χ0v) is 19.4. The molecular weight excluding hydrogens is 428 g/mol. The van der Waals surface area contributed by atoms with Crippen molar-refractivity contribution in [2.24, 2.45) is 0 Å². The maximum absolute atomic E-state index is 10.2. The summed E-state index contributed by atoms with van der Waals surface area (Å²) in [5, 5.41) is 19.7. The summed E-state index contributed by atoms with van der Waals surface area (Å²) in [6.45, 7) is 3.92. The van der Waals surface area contributed by atoms with E-state index in [-0.39, 0.29) is 0 Å². The van der Waals surface area contributed by atoms with Crippen LogP contribution in [-0.4, -0.2) is 46.1 Å². The van der Waals surface area contributed by atoms with Gasteiger partial charge in [-0.1, -0.05) is 30.3 Å². The average molecular weight is 457 g/mol. The highest BCUT2D eigenvalue weighted by Crippen LogP contribution is 2.36. The van der Waals surface area contributed by atoms with E-state index in [0.717, 1.165) is 59.3 Å². The van der Waals surface area contributed by atoms with Crippen molar-refractivity contribution >= 4 is 16.7 Å². The van der Waals surface area contributed by atoms with E-state index in [9.17, 15) is 5.11 Å². The Bertz CT molecular complexity index is 1270. The maximum Gasteiger partial charge on any atom is 0.163 e. The molecular formula is C27H28N4O3. The molecule has 3 heterocycles. The van der Waals surface area contributed by atoms with Gasteiger partial charge in [-0.05, 0) is 43.5 Å². The predicted molar refractivity (Wildman–Crippen MR) is 132 cm³/mol. The standard InChI is InChI=1S/C27H28N4O3/c1-27(32)10-12-31(13-11-27)26-9-8-20(16-28-26)22-17-29-30-23-15-25(24(33-2)14-21(22)23)34-18-19-6-4-3-5-7-19/h3-9,14-17,32H,10-13,18H2,1-2H3. The number of aromatic nitrogens is 3. The number of hydrogen-bond donors (Lipinski definition) is 1. The fraction of sp³-hybridized carbons (Fsp3) is 0.296. The number of rotatable bonds is 6. The van der Waals surface area contributed by atoms with Crippen LogP contribution in [0.3, 0.4) is 0 Å². The van der Waals surface area contributed by atoms with E-state index in [0.29, 0.717) is 18.1 Å². The molecule has 0 radical (unpaired) electrons. The molecule has 0 unspecified atom stereocenters. The highest BCUT2D eigenvalue weighted by molar-refractivity contribution is 5.95. The zero-order valence-electron chi connectivity index (χ0n) is 19.4. The van der Waals surface area contributed by atoms with Crippen LogP contribution in [0.15, 0.2) is 67.0 Å². The number of pyridine rings is 1. The molecule has 4 aromatic rings. The van der Waals surface area contributed by atoms with E-state index in [2.05, 4.69) is 21.2 Å². The van der Waals surface area contributed by atoms with Crippen LogP contribution < -0.4 is 14.4 Å². The van der Waals surface area contributed by atoms with Gasteiger partial charge in [0.2, 0.25) is 0 Å². The first-order chi connectivity index (χ1) is 16.5. The van der Waals surface area contributed by atoms with Gasteiger partial charge in [0.1, 0.15) is 12.4 Å². The van der Waals surface area contributed by atoms with Gasteiger partial charge in [-0.3, -0.25) is 0 Å². The molecule has 1 aliphatic heterocycles. The molecule has 1 N–H and O–H groups in total. The van der Waals surface area contributed by atoms with Gasteiger partial charge >= 0.3 is 0 Å². The Morgan fingerprint density at radius 2 is 1.79 bits per heavy atom. The molecule has 0 amide bonds. The highest BCUT2D eigenvalue weighted by atomic mass is 16.5. The minimum Gasteiger partial charge on any atom is -0.493 e. The third-order valence-electron chi connectivity index (χ3n) is 6.39. The van der Waals surface area contributed by atoms with Gasteiger partial charge < -0.3 is 19.5 Å². The van der Waals surface area contributed by atoms with Gasteiger partial charge in [0.15, 0.2) is 11.5 Å². The number of ether oxygens (including phenoxy) is 2. The van der Waals surface area contributed by atoms with Gasteiger partial charge in [-0.25, -0.2) is 4.98 Å². The number of methoxy groups -OCH3 is 1. The molecule has 0 spiro atoms. The number of nitrogens with zero attached hydrogens (tertiary/aromatic N) is 4. The fourth-order valence-corrected chi connectivity index (χ4v) is 4.25. The van der Waals surface area contributed by atoms with Crippen LogP contribution >= 0.6 is 0 Å². The van der Waals surface area contributed by atoms with Gasteiger partial charge in [0.05, 0.1) is 24.4 Å². The monoisotopic (exact) mass is 456 g/mol. The van der Waals surface area contributed by atoms with Crippen molar-refractivity contribution in [1.82, 2.24) is 15.2 Å². The second kappa shape index (κ2) is 9.27. The van der Waals surface area contributed by atoms with Crippen molar-refractivity contribution < 1.29 is 14.6 Å². The highest BCUT2D eigenvalue weighted by Gasteiger charge is 2.27. The summed E-state index contributed by atoms with van der Waals surface area (Å²) in [6.07, 6.45) is 5.10. The molecule has 7 nitrogen and oxygen atoms in total. The van der Waals surface area contributed by atoms with Crippen molar-refractivity contribution in [3.63, 3.8) is 0 Å². The van der Waals surface area contributed by atoms with Gasteiger partial charge in [-0.15, -0.1) is 0 Å². The molecule has 1 saturated heterocycles. The summed E-state index contributed by atoms with van der Waals surface area (Å²) in [6, 6.07) is 17.9. The quantitative estimate of drug-likeness (QED) is 0.453. The Kier molecular flexibility index (Phi) is 6.02. The first-order valence-electron chi connectivity index (χ1n) is 11.5. The Labute approximate surface area is 199 Å². The van der Waals surface area contributed by atoms with E-state index in [1.165, 1.54) is 0 Å². The van der Waals surface area contributed by atoms with E-state index < -0.39 is 5.60 Å². The fourth-order valence-electron chi connectivity index (χ4n) is 4.25. The SMILES string of the molecule is COc1cc2c(-c3ccc(N4CCC(C)(O)CC4)nc3)cnnc2cc1OCc1ccccc1. The lowest BCUT2D eigenvalue weighted by Gasteiger charge is -2.36. The largest absolute Gasteiger partial charge is 0.493 e. The Hall–Kier alpha value is -3.71. The van der Waals surface area contributed by atoms with Crippen molar-refractivity contribution in [2.75, 3.05) is 25.1 Å². The second-order valence-electron chi connectivity index (χ2n) is 8.94. The number of hydrogen-bond acceptors (Lipinski definition) is 7. The molecule has 2 aromatic heterocycles. The zero-order chi connectivity index (χ0) is 23.5. The molecule has 34 heavy (non-hydrogen) atoms. The normalized spacial score (nSPS) is 15.3. The van der Waals surface area contributed by atoms with Crippen molar-refractivity contribution in [3.8, 4) is 22.6 Å². The summed E-state index contributed by atoms with van der Waals surface area (Å²) in [5.74, 6) is 2.18. The summed E-state index contributed by atoms with van der Waals surface area (Å²) in [4.78, 5) is 6.91. The topological polar surface area (TPSA) is 80.6 Å². The third-order valence-corrected chi connectivity index (χ3v) is 6.39. The van der Waals surface area contributed by atoms with Gasteiger partial charge in [0.25, 0.3) is 0 Å². The summed E-state index contributed by atoms with van der Waals surface area (Å²) in [5.41, 5.74) is 3.10. The number of aliphatic hydroxyl groups is 1. The maximum atomic E-state index is 10.2. The molecule has 7 heteroatoms. The average Bonchev–Trinajstić information content (AvgIpc) is 2.87. The molecule has 174 valence electrons. The van der Waals surface area contributed by atoms with Gasteiger partial charge in [-0.2, -0.15) is 10.2 Å². The number of benzene rings is 2. The van der Waals surface area contributed by atoms with Crippen LogP contribution in [0, 0.1) is 0 Å². The first kappa shape index (κ1) is 22.1. The molecule has 0 bridgehead atoms. The van der Waals surface area contributed by atoms with Crippen molar-refractivity contribution in [1.29, 1.82) is 0 Å².